The molecule has 3 aliphatic carbocycles. The van der Waals surface area contributed by atoms with E-state index in [2.05, 4.69) is 28.5 Å². The first-order valence-corrected chi connectivity index (χ1v) is 4.99. The van der Waals surface area contributed by atoms with Crippen molar-refractivity contribution in [2.45, 2.75) is 11.7 Å². The van der Waals surface area contributed by atoms with Crippen LogP contribution < -0.4 is 0 Å². The van der Waals surface area contributed by atoms with Gasteiger partial charge in [0.25, 0.3) is 0 Å². The molecule has 0 amide bonds. The van der Waals surface area contributed by atoms with Crippen LogP contribution in [0.25, 0.3) is 0 Å². The zero-order chi connectivity index (χ0) is 9.26. The third-order valence-corrected chi connectivity index (χ3v) is 3.33. The van der Waals surface area contributed by atoms with E-state index in [0.717, 1.165) is 18.5 Å². The van der Waals surface area contributed by atoms with Gasteiger partial charge in [-0.1, -0.05) is 24.3 Å². The molecule has 2 bridgehead atoms. The molecule has 13 heavy (non-hydrogen) atoms. The third-order valence-electron chi connectivity index (χ3n) is 2.34. The molecule has 0 heterocycles. The van der Waals surface area contributed by atoms with Gasteiger partial charge in [0.1, 0.15) is 0 Å². The topological polar surface area (TPSA) is 46.5 Å². The van der Waals surface area contributed by atoms with Crippen LogP contribution in [0.2, 0.25) is 0 Å². The van der Waals surface area contributed by atoms with Gasteiger partial charge in [0, 0.05) is 5.92 Å². The Morgan fingerprint density at radius 3 is 2.54 bits per heavy atom. The van der Waals surface area contributed by atoms with Gasteiger partial charge >= 0.3 is 6.16 Å². The lowest BCUT2D eigenvalue weighted by Gasteiger charge is -2.31. The first-order valence-electron chi connectivity index (χ1n) is 4.18. The Labute approximate surface area is 80.7 Å². The van der Waals surface area contributed by atoms with E-state index in [1.165, 1.54) is 0 Å². The summed E-state index contributed by atoms with van der Waals surface area (Å²) in [6, 6.07) is 0. The van der Waals surface area contributed by atoms with Crippen LogP contribution in [0.5, 0.6) is 0 Å². The lowest BCUT2D eigenvalue weighted by molar-refractivity contribution is 0.152. The molecule has 0 aromatic carbocycles. The van der Waals surface area contributed by atoms with Crippen molar-refractivity contribution in [3.63, 3.8) is 0 Å². The highest BCUT2D eigenvalue weighted by atomic mass is 32.2. The molecule has 1 atom stereocenters. The van der Waals surface area contributed by atoms with Crippen molar-refractivity contribution >= 4 is 18.2 Å². The molecule has 0 saturated heterocycles. The summed E-state index contributed by atoms with van der Waals surface area (Å²) in [4.78, 5) is 10.2. The van der Waals surface area contributed by atoms with Crippen molar-refractivity contribution in [3.8, 4) is 0 Å². The first kappa shape index (κ1) is 8.69. The summed E-state index contributed by atoms with van der Waals surface area (Å²) in [6.07, 6.45) is 8.36. The minimum absolute atomic E-state index is 0.260. The highest BCUT2D eigenvalue weighted by Crippen LogP contribution is 2.38. The van der Waals surface area contributed by atoms with Gasteiger partial charge in [0.05, 0.1) is 17.3 Å². The van der Waals surface area contributed by atoms with E-state index in [4.69, 9.17) is 5.11 Å². The van der Waals surface area contributed by atoms with E-state index < -0.39 is 6.16 Å². The molecule has 0 radical (unpaired) electrons. The van der Waals surface area contributed by atoms with Crippen molar-refractivity contribution in [2.24, 2.45) is 11.8 Å². The number of carboxylic acid groups (broad SMARTS) is 1. The highest BCUT2D eigenvalue weighted by molar-refractivity contribution is 7.95. The monoisotopic (exact) mass is 198 g/mol. The summed E-state index contributed by atoms with van der Waals surface area (Å²) in [5.74, 6) is 0.814. The van der Waals surface area contributed by atoms with E-state index in [9.17, 15) is 4.79 Å². The quantitative estimate of drug-likeness (QED) is 0.547. The molecule has 0 aliphatic heterocycles. The van der Waals surface area contributed by atoms with Crippen LogP contribution >= 0.6 is 12.0 Å². The van der Waals surface area contributed by atoms with Crippen LogP contribution in [-0.2, 0) is 4.18 Å². The van der Waals surface area contributed by atoms with E-state index in [1.807, 2.05) is 0 Å². The van der Waals surface area contributed by atoms with Crippen LogP contribution in [0.15, 0.2) is 24.3 Å². The molecule has 4 heteroatoms. The van der Waals surface area contributed by atoms with Gasteiger partial charge in [-0.05, 0) is 12.3 Å². The number of hydrogen-bond acceptors (Lipinski definition) is 3. The summed E-state index contributed by atoms with van der Waals surface area (Å²) in [5.41, 5.74) is 0. The fourth-order valence-electron chi connectivity index (χ4n) is 1.71. The smallest absolute Gasteiger partial charge is 0.449 e. The second-order valence-electron chi connectivity index (χ2n) is 3.23. The zero-order valence-corrected chi connectivity index (χ0v) is 7.74. The van der Waals surface area contributed by atoms with E-state index in [1.54, 1.807) is 0 Å². The maximum absolute atomic E-state index is 10.2. The summed E-state index contributed by atoms with van der Waals surface area (Å²) < 4.78 is 4.50. The SMILES string of the molecule is O=C(O)OSC1CC2C=CC1C=C2. The summed E-state index contributed by atoms with van der Waals surface area (Å²) >= 11 is 1.07. The molecular weight excluding hydrogens is 188 g/mol. The molecule has 3 aliphatic rings. The van der Waals surface area contributed by atoms with Gasteiger partial charge in [-0.15, -0.1) is 0 Å². The van der Waals surface area contributed by atoms with Crippen molar-refractivity contribution in [1.29, 1.82) is 0 Å². The Morgan fingerprint density at radius 2 is 2.08 bits per heavy atom. The fraction of sp³-hybridized carbons (Fsp3) is 0.444. The Morgan fingerprint density at radius 1 is 1.38 bits per heavy atom. The first-order chi connectivity index (χ1) is 6.25. The molecule has 1 unspecified atom stereocenters. The standard InChI is InChI=1S/C9H10O3S/c10-9(11)12-13-8-5-6-1-3-7(8)4-2-6/h1-4,6-8H,5H2,(H,10,11). The molecule has 0 saturated carbocycles. The number of allylic oxidation sites excluding steroid dienone is 4. The molecule has 3 nitrogen and oxygen atoms in total. The maximum atomic E-state index is 10.2. The minimum Gasteiger partial charge on any atom is -0.449 e. The predicted molar refractivity (Wildman–Crippen MR) is 50.4 cm³/mol. The van der Waals surface area contributed by atoms with Gasteiger partial charge < -0.3 is 9.29 Å². The van der Waals surface area contributed by atoms with E-state index >= 15 is 0 Å². The lowest BCUT2D eigenvalue weighted by atomic mass is 9.82. The number of carbonyl (C=O) groups is 1. The third kappa shape index (κ3) is 1.88. The average Bonchev–Trinajstić information content (AvgIpc) is 2.17. The van der Waals surface area contributed by atoms with Crippen molar-refractivity contribution in [1.82, 2.24) is 0 Å². The number of hydrogen-bond donors (Lipinski definition) is 1. The minimum atomic E-state index is -1.21. The number of fused-ring (bicyclic) bond motifs is 1. The molecule has 3 rings (SSSR count). The molecule has 0 fully saturated rings. The van der Waals surface area contributed by atoms with Gasteiger partial charge in [0.15, 0.2) is 0 Å². The fourth-order valence-corrected chi connectivity index (χ4v) is 2.52. The predicted octanol–water partition coefficient (Wildman–Crippen LogP) is 2.46. The van der Waals surface area contributed by atoms with Gasteiger partial charge in [-0.25, -0.2) is 4.79 Å². The van der Waals surface area contributed by atoms with Crippen LogP contribution in [0.1, 0.15) is 6.42 Å². The maximum Gasteiger partial charge on any atom is 0.518 e. The van der Waals surface area contributed by atoms with Crippen molar-refractivity contribution in [3.05, 3.63) is 24.3 Å². The van der Waals surface area contributed by atoms with Crippen molar-refractivity contribution in [2.75, 3.05) is 0 Å². The van der Waals surface area contributed by atoms with Crippen LogP contribution in [0.3, 0.4) is 0 Å². The van der Waals surface area contributed by atoms with Crippen LogP contribution in [-0.4, -0.2) is 16.5 Å². The summed E-state index contributed by atoms with van der Waals surface area (Å²) in [7, 11) is 0. The molecule has 0 aromatic rings. The molecule has 1 N–H and O–H groups in total. The summed E-state index contributed by atoms with van der Waals surface area (Å²) in [6.45, 7) is 0. The van der Waals surface area contributed by atoms with Crippen LogP contribution in [0, 0.1) is 11.8 Å². The van der Waals surface area contributed by atoms with Crippen molar-refractivity contribution < 1.29 is 14.1 Å². The number of rotatable bonds is 2. The normalized spacial score (nSPS) is 34.9. The highest BCUT2D eigenvalue weighted by Gasteiger charge is 2.29. The largest absolute Gasteiger partial charge is 0.518 e. The Bertz CT molecular complexity index is 258. The second-order valence-corrected chi connectivity index (χ2v) is 4.20. The molecular formula is C9H10O3S. The lowest BCUT2D eigenvalue weighted by Crippen LogP contribution is -2.25. The Balaban J connectivity index is 1.92. The molecule has 70 valence electrons. The van der Waals surface area contributed by atoms with Gasteiger partial charge in [-0.3, -0.25) is 0 Å². The van der Waals surface area contributed by atoms with Gasteiger partial charge in [0.2, 0.25) is 0 Å². The molecule has 0 spiro atoms. The van der Waals surface area contributed by atoms with E-state index in [-0.39, 0.29) is 5.25 Å². The zero-order valence-electron chi connectivity index (χ0n) is 6.92. The Hall–Kier alpha value is -0.900. The second kappa shape index (κ2) is 3.46. The van der Waals surface area contributed by atoms with Gasteiger partial charge in [-0.2, -0.15) is 0 Å². The van der Waals surface area contributed by atoms with E-state index in [0.29, 0.717) is 11.8 Å². The Kier molecular flexibility index (Phi) is 2.31. The molecule has 0 aromatic heterocycles. The average molecular weight is 198 g/mol. The van der Waals surface area contributed by atoms with Crippen LogP contribution in [0.4, 0.5) is 4.79 Å². The summed E-state index contributed by atoms with van der Waals surface area (Å²) in [5, 5.41) is 8.60.